The van der Waals surface area contributed by atoms with E-state index >= 15 is 0 Å². The van der Waals surface area contributed by atoms with Gasteiger partial charge in [0.25, 0.3) is 0 Å². The minimum Gasteiger partial charge on any atom is -0.494 e. The molecule has 0 saturated carbocycles. The van der Waals surface area contributed by atoms with Crippen LogP contribution in [0.3, 0.4) is 0 Å². The molecule has 1 amide bonds. The number of rotatable bonds is 10. The van der Waals surface area contributed by atoms with Crippen LogP contribution in [-0.2, 0) is 21.4 Å². The van der Waals surface area contributed by atoms with Crippen LogP contribution in [0, 0.1) is 0 Å². The van der Waals surface area contributed by atoms with Gasteiger partial charge in [-0.15, -0.1) is 0 Å². The molecule has 0 unspecified atom stereocenters. The lowest BCUT2D eigenvalue weighted by molar-refractivity contribution is -0.122. The van der Waals surface area contributed by atoms with Gasteiger partial charge in [0, 0.05) is 6.54 Å². The van der Waals surface area contributed by atoms with E-state index in [1.54, 1.807) is 31.2 Å². The summed E-state index contributed by atoms with van der Waals surface area (Å²) in [6.45, 7) is 4.26. The summed E-state index contributed by atoms with van der Waals surface area (Å²) in [6, 6.07) is 22.3. The highest BCUT2D eigenvalue weighted by Gasteiger charge is 2.29. The predicted molar refractivity (Wildman–Crippen MR) is 129 cm³/mol. The van der Waals surface area contributed by atoms with E-state index < -0.39 is 22.0 Å². The van der Waals surface area contributed by atoms with E-state index in [0.29, 0.717) is 29.5 Å². The summed E-state index contributed by atoms with van der Waals surface area (Å²) in [5.41, 5.74) is 1.23. The number of ether oxygens (including phenoxy) is 2. The highest BCUT2D eigenvalue weighted by Crippen LogP contribution is 2.27. The van der Waals surface area contributed by atoms with Crippen molar-refractivity contribution in [1.29, 1.82) is 0 Å². The average Bonchev–Trinajstić information content (AvgIpc) is 2.79. The molecule has 0 bridgehead atoms. The number of para-hydroxylation sites is 1. The lowest BCUT2D eigenvalue weighted by Gasteiger charge is -2.28. The molecule has 3 aromatic rings. The van der Waals surface area contributed by atoms with Crippen LogP contribution in [-0.4, -0.2) is 33.2 Å². The Morgan fingerprint density at radius 3 is 2.21 bits per heavy atom. The van der Waals surface area contributed by atoms with Crippen LogP contribution in [0.5, 0.6) is 17.2 Å². The van der Waals surface area contributed by atoms with Crippen molar-refractivity contribution in [2.75, 3.05) is 17.2 Å². The van der Waals surface area contributed by atoms with Crippen LogP contribution in [0.2, 0.25) is 0 Å². The summed E-state index contributed by atoms with van der Waals surface area (Å²) in [4.78, 5) is 12.8. The van der Waals surface area contributed by atoms with E-state index in [9.17, 15) is 13.2 Å². The topological polar surface area (TPSA) is 84.9 Å². The quantitative estimate of drug-likeness (QED) is 0.478. The first-order valence-corrected chi connectivity index (χ1v) is 12.4. The van der Waals surface area contributed by atoms with Gasteiger partial charge >= 0.3 is 0 Å². The molecule has 0 saturated heterocycles. The van der Waals surface area contributed by atoms with Crippen molar-refractivity contribution >= 4 is 21.6 Å². The molecule has 3 aromatic carbocycles. The largest absolute Gasteiger partial charge is 0.494 e. The van der Waals surface area contributed by atoms with Gasteiger partial charge < -0.3 is 14.8 Å². The van der Waals surface area contributed by atoms with Gasteiger partial charge in [0.2, 0.25) is 15.9 Å². The number of anilines is 1. The fourth-order valence-electron chi connectivity index (χ4n) is 3.34. The van der Waals surface area contributed by atoms with Crippen LogP contribution in [0.15, 0.2) is 78.9 Å². The molecule has 3 rings (SSSR count). The van der Waals surface area contributed by atoms with Crippen molar-refractivity contribution in [2.24, 2.45) is 0 Å². The van der Waals surface area contributed by atoms with Crippen molar-refractivity contribution < 1.29 is 22.7 Å². The third-order valence-electron chi connectivity index (χ3n) is 4.83. The van der Waals surface area contributed by atoms with Gasteiger partial charge in [-0.05, 0) is 67.9 Å². The summed E-state index contributed by atoms with van der Waals surface area (Å²) in [5.74, 6) is 1.54. The summed E-state index contributed by atoms with van der Waals surface area (Å²) >= 11 is 0. The zero-order valence-corrected chi connectivity index (χ0v) is 19.7. The monoisotopic (exact) mass is 468 g/mol. The van der Waals surface area contributed by atoms with E-state index in [2.05, 4.69) is 5.32 Å². The summed E-state index contributed by atoms with van der Waals surface area (Å²) in [6.07, 6.45) is 1.08. The number of sulfonamides is 1. The Bertz CT molecular complexity index is 1160. The molecule has 8 heteroatoms. The summed E-state index contributed by atoms with van der Waals surface area (Å²) < 4.78 is 37.4. The van der Waals surface area contributed by atoms with E-state index in [1.807, 2.05) is 61.5 Å². The van der Waals surface area contributed by atoms with Gasteiger partial charge in [-0.1, -0.05) is 30.3 Å². The molecule has 0 aromatic heterocycles. The number of amides is 1. The number of benzene rings is 3. The number of nitrogens with one attached hydrogen (secondary N) is 1. The Labute approximate surface area is 195 Å². The van der Waals surface area contributed by atoms with Crippen LogP contribution < -0.4 is 19.1 Å². The standard InChI is InChI=1S/C25H28N2O5S/c1-4-31-24-12-8-9-20(17-24)18-26-25(28)19(2)27(33(3,29)30)21-13-15-23(16-14-21)32-22-10-6-5-7-11-22/h5-17,19H,4,18H2,1-3H3,(H,26,28)/t19-/m1/s1. The third kappa shape index (κ3) is 6.73. The van der Waals surface area contributed by atoms with E-state index in [4.69, 9.17) is 9.47 Å². The number of hydrogen-bond acceptors (Lipinski definition) is 5. The minimum absolute atomic E-state index is 0.255. The second-order valence-electron chi connectivity index (χ2n) is 7.44. The Hall–Kier alpha value is -3.52. The van der Waals surface area contributed by atoms with Gasteiger partial charge in [-0.25, -0.2) is 8.42 Å². The fraction of sp³-hybridized carbons (Fsp3) is 0.240. The zero-order valence-electron chi connectivity index (χ0n) is 18.9. The number of carbonyl (C=O) groups is 1. The second kappa shape index (κ2) is 10.9. The van der Waals surface area contributed by atoms with E-state index in [-0.39, 0.29) is 6.54 Å². The van der Waals surface area contributed by atoms with Gasteiger partial charge in [-0.2, -0.15) is 0 Å². The normalized spacial score (nSPS) is 12.0. The summed E-state index contributed by atoms with van der Waals surface area (Å²) in [7, 11) is -3.72. The van der Waals surface area contributed by atoms with Crippen molar-refractivity contribution in [3.63, 3.8) is 0 Å². The Balaban J connectivity index is 1.71. The average molecular weight is 469 g/mol. The number of hydrogen-bond donors (Lipinski definition) is 1. The predicted octanol–water partition coefficient (Wildman–Crippen LogP) is 4.35. The Morgan fingerprint density at radius 2 is 1.58 bits per heavy atom. The molecular weight excluding hydrogens is 440 g/mol. The molecule has 1 N–H and O–H groups in total. The van der Waals surface area contributed by atoms with Crippen LogP contribution in [0.25, 0.3) is 0 Å². The maximum atomic E-state index is 12.8. The van der Waals surface area contributed by atoms with Crippen LogP contribution in [0.1, 0.15) is 19.4 Å². The Morgan fingerprint density at radius 1 is 0.939 bits per heavy atom. The molecule has 0 aliphatic rings. The second-order valence-corrected chi connectivity index (χ2v) is 9.30. The van der Waals surface area contributed by atoms with E-state index in [1.165, 1.54) is 0 Å². The van der Waals surface area contributed by atoms with Crippen LogP contribution in [0.4, 0.5) is 5.69 Å². The molecule has 0 aliphatic heterocycles. The molecule has 33 heavy (non-hydrogen) atoms. The SMILES string of the molecule is CCOc1cccc(CNC(=O)[C@@H](C)N(c2ccc(Oc3ccccc3)cc2)S(C)(=O)=O)c1. The number of nitrogens with zero attached hydrogens (tertiary/aromatic N) is 1. The van der Waals surface area contributed by atoms with Gasteiger partial charge in [0.05, 0.1) is 18.6 Å². The molecular formula is C25H28N2O5S. The Kier molecular flexibility index (Phi) is 7.95. The molecule has 7 nitrogen and oxygen atoms in total. The van der Waals surface area contributed by atoms with Gasteiger partial charge in [-0.3, -0.25) is 9.10 Å². The first kappa shape index (κ1) is 24.1. The highest BCUT2D eigenvalue weighted by molar-refractivity contribution is 7.92. The van der Waals surface area contributed by atoms with Crippen molar-refractivity contribution in [2.45, 2.75) is 26.4 Å². The van der Waals surface area contributed by atoms with Crippen molar-refractivity contribution in [3.8, 4) is 17.2 Å². The smallest absolute Gasteiger partial charge is 0.243 e. The molecule has 0 spiro atoms. The minimum atomic E-state index is -3.72. The first-order chi connectivity index (χ1) is 15.8. The zero-order chi connectivity index (χ0) is 23.8. The molecule has 174 valence electrons. The molecule has 1 atom stereocenters. The van der Waals surface area contributed by atoms with Gasteiger partial charge in [0.1, 0.15) is 23.3 Å². The van der Waals surface area contributed by atoms with E-state index in [0.717, 1.165) is 16.1 Å². The summed E-state index contributed by atoms with van der Waals surface area (Å²) in [5, 5.41) is 2.81. The molecule has 0 aliphatic carbocycles. The maximum Gasteiger partial charge on any atom is 0.243 e. The van der Waals surface area contributed by atoms with Crippen molar-refractivity contribution in [3.05, 3.63) is 84.4 Å². The number of carbonyl (C=O) groups excluding carboxylic acids is 1. The fourth-order valence-corrected chi connectivity index (χ4v) is 4.52. The maximum absolute atomic E-state index is 12.8. The third-order valence-corrected chi connectivity index (χ3v) is 6.08. The van der Waals surface area contributed by atoms with Gasteiger partial charge in [0.15, 0.2) is 0 Å². The molecule has 0 heterocycles. The van der Waals surface area contributed by atoms with Crippen LogP contribution >= 0.6 is 0 Å². The molecule has 0 radical (unpaired) electrons. The van der Waals surface area contributed by atoms with Crippen molar-refractivity contribution in [1.82, 2.24) is 5.32 Å². The lowest BCUT2D eigenvalue weighted by Crippen LogP contribution is -2.47. The highest BCUT2D eigenvalue weighted by atomic mass is 32.2. The molecule has 0 fully saturated rings. The lowest BCUT2D eigenvalue weighted by atomic mass is 10.2. The first-order valence-electron chi connectivity index (χ1n) is 10.6.